The lowest BCUT2D eigenvalue weighted by atomic mass is 10.1. The minimum atomic E-state index is -0.359. The molecule has 3 rings (SSSR count). The molecule has 1 unspecified atom stereocenters. The minimum Gasteiger partial charge on any atom is -0.309 e. The van der Waals surface area contributed by atoms with E-state index in [4.69, 9.17) is 0 Å². The zero-order valence-corrected chi connectivity index (χ0v) is 12.5. The Morgan fingerprint density at radius 2 is 2.05 bits per heavy atom. The van der Waals surface area contributed by atoms with Gasteiger partial charge in [0.1, 0.15) is 0 Å². The zero-order valence-electron chi connectivity index (χ0n) is 11.7. The lowest BCUT2D eigenvalue weighted by molar-refractivity contribution is -0.384. The molecule has 0 amide bonds. The fraction of sp³-hybridized carbons (Fsp3) is 0.375. The van der Waals surface area contributed by atoms with Gasteiger partial charge < -0.3 is 5.32 Å². The van der Waals surface area contributed by atoms with Crippen LogP contribution in [0.1, 0.15) is 29.3 Å². The second-order valence-corrected chi connectivity index (χ2v) is 6.44. The molecule has 0 saturated heterocycles. The van der Waals surface area contributed by atoms with Crippen LogP contribution in [0.15, 0.2) is 41.8 Å². The fourth-order valence-corrected chi connectivity index (χ4v) is 3.45. The van der Waals surface area contributed by atoms with E-state index in [0.717, 1.165) is 24.4 Å². The van der Waals surface area contributed by atoms with E-state index < -0.39 is 0 Å². The number of nitro groups is 1. The molecule has 1 aliphatic rings. The van der Waals surface area contributed by atoms with Gasteiger partial charge >= 0.3 is 0 Å². The van der Waals surface area contributed by atoms with E-state index in [-0.39, 0.29) is 10.6 Å². The van der Waals surface area contributed by atoms with Gasteiger partial charge in [0.05, 0.1) is 4.92 Å². The standard InChI is InChI=1S/C16H18N2O2S/c19-18(20)14-7-3-12(4-8-14)9-10-17-16(13-5-6-13)15-2-1-11-21-15/h1-4,7-8,11,13,16-17H,5-6,9-10H2. The van der Waals surface area contributed by atoms with Gasteiger partial charge in [0.2, 0.25) is 0 Å². The van der Waals surface area contributed by atoms with Crippen molar-refractivity contribution in [1.82, 2.24) is 5.32 Å². The predicted molar refractivity (Wildman–Crippen MR) is 84.6 cm³/mol. The molecule has 21 heavy (non-hydrogen) atoms. The second kappa shape index (κ2) is 6.37. The van der Waals surface area contributed by atoms with Gasteiger partial charge in [0, 0.05) is 23.1 Å². The summed E-state index contributed by atoms with van der Waals surface area (Å²) in [6, 6.07) is 11.6. The Morgan fingerprint density at radius 1 is 1.29 bits per heavy atom. The molecule has 0 bridgehead atoms. The van der Waals surface area contributed by atoms with Crippen molar-refractivity contribution in [2.75, 3.05) is 6.54 Å². The van der Waals surface area contributed by atoms with Crippen molar-refractivity contribution >= 4 is 17.0 Å². The largest absolute Gasteiger partial charge is 0.309 e. The van der Waals surface area contributed by atoms with E-state index in [1.165, 1.54) is 17.7 Å². The van der Waals surface area contributed by atoms with Crippen LogP contribution in [0.2, 0.25) is 0 Å². The molecule has 0 aliphatic heterocycles. The van der Waals surface area contributed by atoms with Crippen LogP contribution in [0.5, 0.6) is 0 Å². The Hall–Kier alpha value is -1.72. The van der Waals surface area contributed by atoms with Crippen LogP contribution in [-0.4, -0.2) is 11.5 Å². The average molecular weight is 302 g/mol. The zero-order chi connectivity index (χ0) is 14.7. The highest BCUT2D eigenvalue weighted by Crippen LogP contribution is 2.42. The predicted octanol–water partition coefficient (Wildman–Crippen LogP) is 3.94. The van der Waals surface area contributed by atoms with Crippen LogP contribution < -0.4 is 5.32 Å². The maximum Gasteiger partial charge on any atom is 0.269 e. The third-order valence-corrected chi connectivity index (χ3v) is 4.82. The highest BCUT2D eigenvalue weighted by molar-refractivity contribution is 7.10. The number of hydrogen-bond acceptors (Lipinski definition) is 4. The van der Waals surface area contributed by atoms with Gasteiger partial charge in [-0.25, -0.2) is 0 Å². The Balaban J connectivity index is 1.54. The van der Waals surface area contributed by atoms with Gasteiger partial charge in [-0.2, -0.15) is 0 Å². The number of nitro benzene ring substituents is 1. The summed E-state index contributed by atoms with van der Waals surface area (Å²) < 4.78 is 0. The van der Waals surface area contributed by atoms with E-state index in [1.807, 2.05) is 23.5 Å². The van der Waals surface area contributed by atoms with Crippen molar-refractivity contribution < 1.29 is 4.92 Å². The van der Waals surface area contributed by atoms with Crippen molar-refractivity contribution in [2.45, 2.75) is 25.3 Å². The fourth-order valence-electron chi connectivity index (χ4n) is 2.55. The molecule has 4 nitrogen and oxygen atoms in total. The molecule has 1 aromatic carbocycles. The molecule has 1 heterocycles. The van der Waals surface area contributed by atoms with E-state index >= 15 is 0 Å². The number of nitrogens with one attached hydrogen (secondary N) is 1. The Morgan fingerprint density at radius 3 is 2.62 bits per heavy atom. The lowest BCUT2D eigenvalue weighted by Crippen LogP contribution is -2.24. The van der Waals surface area contributed by atoms with Gasteiger partial charge in [-0.15, -0.1) is 11.3 Å². The number of benzene rings is 1. The number of thiophene rings is 1. The maximum absolute atomic E-state index is 10.6. The first-order chi connectivity index (χ1) is 10.2. The summed E-state index contributed by atoms with van der Waals surface area (Å²) in [5.74, 6) is 0.778. The molecular weight excluding hydrogens is 284 g/mol. The van der Waals surface area contributed by atoms with Crippen molar-refractivity contribution in [2.24, 2.45) is 5.92 Å². The molecular formula is C16H18N2O2S. The third-order valence-electron chi connectivity index (χ3n) is 3.87. The van der Waals surface area contributed by atoms with Crippen molar-refractivity contribution in [3.8, 4) is 0 Å². The molecule has 1 aromatic heterocycles. The second-order valence-electron chi connectivity index (χ2n) is 5.46. The number of non-ortho nitro benzene ring substituents is 1. The van der Waals surface area contributed by atoms with Crippen molar-refractivity contribution in [3.63, 3.8) is 0 Å². The van der Waals surface area contributed by atoms with Gasteiger partial charge in [-0.05, 0) is 48.7 Å². The number of rotatable bonds is 7. The molecule has 1 fully saturated rings. The molecule has 0 radical (unpaired) electrons. The maximum atomic E-state index is 10.6. The number of nitrogens with zero attached hydrogens (tertiary/aromatic N) is 1. The summed E-state index contributed by atoms with van der Waals surface area (Å²) in [5, 5.41) is 16.4. The van der Waals surface area contributed by atoms with E-state index in [9.17, 15) is 10.1 Å². The lowest BCUT2D eigenvalue weighted by Gasteiger charge is -2.16. The molecule has 110 valence electrons. The molecule has 1 atom stereocenters. The molecule has 1 N–H and O–H groups in total. The van der Waals surface area contributed by atoms with Crippen LogP contribution >= 0.6 is 11.3 Å². The first kappa shape index (κ1) is 14.2. The quantitative estimate of drug-likeness (QED) is 0.622. The highest BCUT2D eigenvalue weighted by Gasteiger charge is 2.32. The van der Waals surface area contributed by atoms with Crippen LogP contribution in [0.4, 0.5) is 5.69 Å². The van der Waals surface area contributed by atoms with Gasteiger partial charge in [-0.1, -0.05) is 18.2 Å². The Kier molecular flexibility index (Phi) is 4.31. The Labute approximate surface area is 128 Å². The van der Waals surface area contributed by atoms with Crippen LogP contribution in [0.25, 0.3) is 0 Å². The summed E-state index contributed by atoms with van der Waals surface area (Å²) >= 11 is 1.81. The summed E-state index contributed by atoms with van der Waals surface area (Å²) in [6.07, 6.45) is 3.52. The Bertz CT molecular complexity index is 591. The molecule has 0 spiro atoms. The van der Waals surface area contributed by atoms with Crippen LogP contribution in [0, 0.1) is 16.0 Å². The summed E-state index contributed by atoms with van der Waals surface area (Å²) in [7, 11) is 0. The van der Waals surface area contributed by atoms with Crippen LogP contribution in [-0.2, 0) is 6.42 Å². The van der Waals surface area contributed by atoms with Crippen molar-refractivity contribution in [3.05, 3.63) is 62.3 Å². The number of hydrogen-bond donors (Lipinski definition) is 1. The first-order valence-electron chi connectivity index (χ1n) is 7.24. The van der Waals surface area contributed by atoms with Gasteiger partial charge in [0.25, 0.3) is 5.69 Å². The summed E-state index contributed by atoms with van der Waals surface area (Å²) in [4.78, 5) is 11.7. The smallest absolute Gasteiger partial charge is 0.269 e. The third kappa shape index (κ3) is 3.68. The van der Waals surface area contributed by atoms with E-state index in [0.29, 0.717) is 6.04 Å². The monoisotopic (exact) mass is 302 g/mol. The topological polar surface area (TPSA) is 55.2 Å². The summed E-state index contributed by atoms with van der Waals surface area (Å²) in [5.41, 5.74) is 1.29. The molecule has 1 aliphatic carbocycles. The summed E-state index contributed by atoms with van der Waals surface area (Å²) in [6.45, 7) is 0.900. The SMILES string of the molecule is O=[N+]([O-])c1ccc(CCNC(c2cccs2)C2CC2)cc1. The van der Waals surface area contributed by atoms with E-state index in [1.54, 1.807) is 12.1 Å². The first-order valence-corrected chi connectivity index (χ1v) is 8.12. The van der Waals surface area contributed by atoms with E-state index in [2.05, 4.69) is 22.8 Å². The molecule has 5 heteroatoms. The van der Waals surface area contributed by atoms with Gasteiger partial charge in [-0.3, -0.25) is 10.1 Å². The minimum absolute atomic E-state index is 0.154. The molecule has 2 aromatic rings. The normalized spacial score (nSPS) is 15.8. The van der Waals surface area contributed by atoms with Crippen LogP contribution in [0.3, 0.4) is 0 Å². The van der Waals surface area contributed by atoms with Gasteiger partial charge in [0.15, 0.2) is 0 Å². The average Bonchev–Trinajstić information content (AvgIpc) is 3.18. The molecule has 1 saturated carbocycles. The highest BCUT2D eigenvalue weighted by atomic mass is 32.1. The van der Waals surface area contributed by atoms with Crippen molar-refractivity contribution in [1.29, 1.82) is 0 Å².